The Kier molecular flexibility index (Phi) is 2.28. The van der Waals surface area contributed by atoms with E-state index in [-0.39, 0.29) is 5.78 Å². The van der Waals surface area contributed by atoms with Gasteiger partial charge in [-0.1, -0.05) is 18.2 Å². The van der Waals surface area contributed by atoms with Gasteiger partial charge in [-0.15, -0.1) is 0 Å². The van der Waals surface area contributed by atoms with E-state index in [1.807, 2.05) is 30.7 Å². The number of fused-ring (bicyclic) bond motifs is 3. The molecule has 0 saturated heterocycles. The maximum Gasteiger partial charge on any atom is 0.226 e. The molecule has 2 aliphatic rings. The lowest BCUT2D eigenvalue weighted by atomic mass is 9.84. The lowest BCUT2D eigenvalue weighted by Gasteiger charge is -2.20. The van der Waals surface area contributed by atoms with Gasteiger partial charge in [-0.3, -0.25) is 9.79 Å². The van der Waals surface area contributed by atoms with E-state index in [0.717, 1.165) is 51.8 Å². The molecule has 120 valence electrons. The van der Waals surface area contributed by atoms with Crippen molar-refractivity contribution >= 4 is 22.4 Å². The van der Waals surface area contributed by atoms with Crippen LogP contribution in [0.25, 0.3) is 22.0 Å². The molecule has 0 fully saturated rings. The van der Waals surface area contributed by atoms with Crippen LogP contribution in [0.3, 0.4) is 0 Å². The minimum absolute atomic E-state index is 0.0168. The molecule has 1 aliphatic heterocycles. The Morgan fingerprint density at radius 2 is 1.68 bits per heavy atom. The molecule has 0 spiro atoms. The molecular formula is C20H14N4O. The van der Waals surface area contributed by atoms with Crippen LogP contribution in [-0.2, 0) is 6.42 Å². The van der Waals surface area contributed by atoms with Crippen LogP contribution in [0.4, 0.5) is 0 Å². The first kappa shape index (κ1) is 13.0. The second-order valence-electron chi connectivity index (χ2n) is 6.57. The third-order valence-corrected chi connectivity index (χ3v) is 5.30. The van der Waals surface area contributed by atoms with Crippen LogP contribution in [0.15, 0.2) is 47.8 Å². The molecule has 4 heterocycles. The molecule has 0 bridgehead atoms. The number of nitrogens with zero attached hydrogens (tertiary/aromatic N) is 1. The molecular weight excluding hydrogens is 312 g/mol. The zero-order valence-electron chi connectivity index (χ0n) is 13.3. The average molecular weight is 326 g/mol. The van der Waals surface area contributed by atoms with Gasteiger partial charge in [0.05, 0.1) is 17.1 Å². The number of ketones is 1. The van der Waals surface area contributed by atoms with Crippen LogP contribution in [0.5, 0.6) is 0 Å². The molecule has 0 saturated carbocycles. The summed E-state index contributed by atoms with van der Waals surface area (Å²) in [6.45, 7) is 0.756. The number of aromatic amines is 3. The smallest absolute Gasteiger partial charge is 0.226 e. The number of carbonyl (C=O) groups excluding carboxylic acids is 1. The summed E-state index contributed by atoms with van der Waals surface area (Å²) in [5.41, 5.74) is 8.54. The van der Waals surface area contributed by atoms with Gasteiger partial charge in [-0.05, 0) is 18.1 Å². The van der Waals surface area contributed by atoms with E-state index in [0.29, 0.717) is 11.4 Å². The van der Waals surface area contributed by atoms with Gasteiger partial charge in [-0.2, -0.15) is 0 Å². The second kappa shape index (κ2) is 4.39. The van der Waals surface area contributed by atoms with Crippen LogP contribution >= 0.6 is 0 Å². The molecule has 0 unspecified atom stereocenters. The molecule has 25 heavy (non-hydrogen) atoms. The number of aliphatic imine (C=N–C) groups is 1. The number of aromatic nitrogens is 3. The highest BCUT2D eigenvalue weighted by atomic mass is 16.1. The van der Waals surface area contributed by atoms with Crippen LogP contribution in [0.1, 0.15) is 32.9 Å². The summed E-state index contributed by atoms with van der Waals surface area (Å²) in [5.74, 6) is 0.0168. The fourth-order valence-electron chi connectivity index (χ4n) is 4.16. The normalized spacial score (nSPS) is 15.2. The van der Waals surface area contributed by atoms with E-state index in [4.69, 9.17) is 4.99 Å². The molecule has 5 heteroatoms. The number of benzene rings is 1. The van der Waals surface area contributed by atoms with Crippen LogP contribution in [-0.4, -0.2) is 33.0 Å². The van der Waals surface area contributed by atoms with Crippen molar-refractivity contribution in [2.75, 3.05) is 6.54 Å². The highest BCUT2D eigenvalue weighted by Gasteiger charge is 2.36. The summed E-state index contributed by atoms with van der Waals surface area (Å²) in [7, 11) is 0. The Morgan fingerprint density at radius 3 is 2.64 bits per heavy atom. The van der Waals surface area contributed by atoms with Crippen molar-refractivity contribution in [2.24, 2.45) is 4.99 Å². The van der Waals surface area contributed by atoms with E-state index in [1.54, 1.807) is 0 Å². The monoisotopic (exact) mass is 326 g/mol. The van der Waals surface area contributed by atoms with E-state index in [1.165, 1.54) is 5.56 Å². The molecule has 4 aromatic rings. The molecule has 1 aromatic carbocycles. The predicted molar refractivity (Wildman–Crippen MR) is 96.5 cm³/mol. The van der Waals surface area contributed by atoms with Gasteiger partial charge in [0.2, 0.25) is 5.78 Å². The topological polar surface area (TPSA) is 76.8 Å². The number of hydrogen-bond donors (Lipinski definition) is 3. The average Bonchev–Trinajstić information content (AvgIpc) is 3.36. The first-order chi connectivity index (χ1) is 12.3. The molecule has 0 radical (unpaired) electrons. The van der Waals surface area contributed by atoms with Gasteiger partial charge in [0.25, 0.3) is 0 Å². The Labute approximate surface area is 142 Å². The predicted octanol–water partition coefficient (Wildman–Crippen LogP) is 3.43. The Bertz CT molecular complexity index is 1220. The highest BCUT2D eigenvalue weighted by Crippen LogP contribution is 2.39. The summed E-state index contributed by atoms with van der Waals surface area (Å²) in [6.07, 6.45) is 6.77. The number of hydrogen-bond acceptors (Lipinski definition) is 2. The van der Waals surface area contributed by atoms with Crippen molar-refractivity contribution in [3.05, 3.63) is 70.9 Å². The molecule has 0 amide bonds. The zero-order chi connectivity index (χ0) is 16.5. The lowest BCUT2D eigenvalue weighted by Crippen LogP contribution is -2.24. The van der Waals surface area contributed by atoms with E-state index in [9.17, 15) is 4.79 Å². The summed E-state index contributed by atoms with van der Waals surface area (Å²) < 4.78 is 0. The van der Waals surface area contributed by atoms with Gasteiger partial charge in [-0.25, -0.2) is 0 Å². The van der Waals surface area contributed by atoms with Crippen molar-refractivity contribution in [1.82, 2.24) is 15.0 Å². The van der Waals surface area contributed by atoms with Gasteiger partial charge in [0.15, 0.2) is 0 Å². The Hall–Kier alpha value is -3.34. The first-order valence-electron chi connectivity index (χ1n) is 8.41. The van der Waals surface area contributed by atoms with Crippen LogP contribution in [0.2, 0.25) is 0 Å². The minimum Gasteiger partial charge on any atom is -0.361 e. The van der Waals surface area contributed by atoms with Crippen LogP contribution in [0, 0.1) is 0 Å². The van der Waals surface area contributed by atoms with Crippen molar-refractivity contribution in [2.45, 2.75) is 6.42 Å². The summed E-state index contributed by atoms with van der Waals surface area (Å²) in [6, 6.07) is 8.21. The number of rotatable bonds is 1. The third-order valence-electron chi connectivity index (χ3n) is 5.30. The van der Waals surface area contributed by atoms with Gasteiger partial charge < -0.3 is 15.0 Å². The summed E-state index contributed by atoms with van der Waals surface area (Å²) >= 11 is 0. The number of H-pyrrole nitrogens is 3. The molecule has 3 aromatic heterocycles. The maximum atomic E-state index is 12.9. The molecule has 6 rings (SSSR count). The van der Waals surface area contributed by atoms with Gasteiger partial charge in [0, 0.05) is 58.3 Å². The fourth-order valence-corrected chi connectivity index (χ4v) is 4.16. The van der Waals surface area contributed by atoms with Crippen molar-refractivity contribution in [1.29, 1.82) is 0 Å². The highest BCUT2D eigenvalue weighted by molar-refractivity contribution is 6.32. The zero-order valence-corrected chi connectivity index (χ0v) is 13.3. The molecule has 3 N–H and O–H groups in total. The van der Waals surface area contributed by atoms with Gasteiger partial charge in [0.1, 0.15) is 0 Å². The third kappa shape index (κ3) is 1.53. The SMILES string of the molecule is O=C1c2[nH]cc3c2C(=NCC3)c2c(-c3c[nH]c4ccccc34)c[nH]c21. The van der Waals surface area contributed by atoms with E-state index in [2.05, 4.69) is 27.1 Å². The summed E-state index contributed by atoms with van der Waals surface area (Å²) in [5, 5.41) is 1.15. The van der Waals surface area contributed by atoms with Crippen molar-refractivity contribution < 1.29 is 4.79 Å². The van der Waals surface area contributed by atoms with E-state index < -0.39 is 0 Å². The fraction of sp³-hybridized carbons (Fsp3) is 0.100. The summed E-state index contributed by atoms with van der Waals surface area (Å²) in [4.78, 5) is 27.4. The molecule has 5 nitrogen and oxygen atoms in total. The molecule has 1 aliphatic carbocycles. The first-order valence-corrected chi connectivity index (χ1v) is 8.41. The minimum atomic E-state index is 0.0168. The van der Waals surface area contributed by atoms with Crippen LogP contribution < -0.4 is 0 Å². The number of carbonyl (C=O) groups is 1. The van der Waals surface area contributed by atoms with E-state index >= 15 is 0 Å². The van der Waals surface area contributed by atoms with Crippen molar-refractivity contribution in [3.8, 4) is 11.1 Å². The molecule has 0 atom stereocenters. The lowest BCUT2D eigenvalue weighted by molar-refractivity contribution is 0.102. The standard InChI is InChI=1S/C20H14N4O/c25-20-18-15-10(7-23-18)5-6-21-17(15)16-13(9-24-19(16)20)12-8-22-14-4-2-1-3-11(12)14/h1-4,7-9,22-24H,5-6H2. The largest absolute Gasteiger partial charge is 0.361 e. The maximum absolute atomic E-state index is 12.9. The Balaban J connectivity index is 1.67. The second-order valence-corrected chi connectivity index (χ2v) is 6.57. The number of nitrogens with one attached hydrogen (secondary N) is 3. The van der Waals surface area contributed by atoms with Crippen molar-refractivity contribution in [3.63, 3.8) is 0 Å². The Morgan fingerprint density at radius 1 is 0.880 bits per heavy atom. The number of para-hydroxylation sites is 1. The quantitative estimate of drug-likeness (QED) is 0.434. The van der Waals surface area contributed by atoms with Gasteiger partial charge >= 0.3 is 0 Å².